The van der Waals surface area contributed by atoms with E-state index in [0.29, 0.717) is 89.3 Å². The van der Waals surface area contributed by atoms with Gasteiger partial charge in [0.15, 0.2) is 34.7 Å². The number of esters is 4. The van der Waals surface area contributed by atoms with Crippen molar-refractivity contribution in [1.29, 1.82) is 0 Å². The number of aromatic hydroxyl groups is 1. The van der Waals surface area contributed by atoms with Crippen LogP contribution < -0.4 is 35.5 Å². The zero-order valence-corrected chi connectivity index (χ0v) is 64.1. The molecule has 0 amide bonds. The highest BCUT2D eigenvalue weighted by atomic mass is 19.1. The monoisotopic (exact) mass is 1490 g/mol. The van der Waals surface area contributed by atoms with Gasteiger partial charge < -0.3 is 59.5 Å². The molecule has 0 radical (unpaired) electrons. The molecule has 8 saturated heterocycles. The number of phenolic OH excluding ortho intramolecular Hbond substituents is 1. The Morgan fingerprint density at radius 1 is 0.444 bits per heavy atom. The Hall–Kier alpha value is -8.65. The maximum Gasteiger partial charge on any atom is 0.305 e. The summed E-state index contributed by atoms with van der Waals surface area (Å²) in [5.41, 5.74) is 2.39. The van der Waals surface area contributed by atoms with Gasteiger partial charge in [0.1, 0.15) is 39.4 Å². The lowest BCUT2D eigenvalue weighted by atomic mass is 9.73. The lowest BCUT2D eigenvalue weighted by molar-refractivity contribution is -0.143. The first-order chi connectivity index (χ1) is 52.0. The summed E-state index contributed by atoms with van der Waals surface area (Å²) in [4.78, 5) is 111. The van der Waals surface area contributed by atoms with Gasteiger partial charge in [-0.05, 0) is 147 Å². The lowest BCUT2D eigenvalue weighted by Crippen LogP contribution is -2.57. The van der Waals surface area contributed by atoms with Crippen molar-refractivity contribution in [3.05, 3.63) is 107 Å². The number of ketones is 4. The molecule has 5 N–H and O–H groups in total. The fourth-order valence-corrected chi connectivity index (χ4v) is 21.4. The number of rotatable bonds is 15. The standard InChI is InChI=1S/C21H27FN2O4.C21H28N2O4.C21H26N2O4.C20H26N2O4/c1-4-12-11-24-8-7-21(16(24)9-13(12)10-17(25)27-2)20(26)18-15(23-21)6-5-14(22)19(18)28-3;2*1-4-13-12-23-9-8-21(17(23)10-14(13)11-18(24)27-3)20(25)19-15(22-21)6-5-7-16(19)26-2;1-3-12-11-22-8-7-20(16(22)9-13(12)10-17(24)26-2)19(25)18-14(21-20)5-4-6-15(18)23/h5-6,12-13,16,23H,4,7-11H2,1-3H3;5-7,13-14,17,22H,4,8-12H2,1-3H3;4-7,13-14,17,22H,1,8-12H2,2-3H3;4-6,12-13,16,21,23H,3,7-11H2,1-2H3/t12-,13-,16-,21?;13-,14-,17+,21?;13-,14-,17-,21?;12-,13-,16-,20?/m1111/s1. The Bertz CT molecular complexity index is 4160. The van der Waals surface area contributed by atoms with Crippen LogP contribution in [0.1, 0.15) is 159 Å². The maximum atomic E-state index is 14.2. The number of hydrogen-bond acceptors (Lipinski definition) is 24. The number of benzene rings is 4. The van der Waals surface area contributed by atoms with Gasteiger partial charge in [0, 0.05) is 125 Å². The fraction of sp³-hybridized carbons (Fsp3) is 0.590. The van der Waals surface area contributed by atoms with E-state index in [-0.39, 0.29) is 112 Å². The molecule has 12 heterocycles. The Balaban J connectivity index is 0.000000127. The lowest BCUT2D eigenvalue weighted by Gasteiger charge is -2.44. The van der Waals surface area contributed by atoms with Gasteiger partial charge >= 0.3 is 23.9 Å². The minimum atomic E-state index is -0.781. The zero-order chi connectivity index (χ0) is 76.9. The molecule has 8 fully saturated rings. The molecule has 582 valence electrons. The summed E-state index contributed by atoms with van der Waals surface area (Å²) in [5, 5.41) is 24.2. The minimum absolute atomic E-state index is 0.00938. The van der Waals surface area contributed by atoms with Crippen LogP contribution in [0.25, 0.3) is 0 Å². The average molecular weight is 1490 g/mol. The molecule has 16 rings (SSSR count). The molecule has 4 aromatic rings. The second-order valence-electron chi connectivity index (χ2n) is 31.7. The van der Waals surface area contributed by atoms with E-state index >= 15 is 0 Å². The number of carbonyl (C=O) groups is 8. The van der Waals surface area contributed by atoms with Gasteiger partial charge in [-0.1, -0.05) is 64.3 Å². The smallest absolute Gasteiger partial charge is 0.305 e. The Morgan fingerprint density at radius 3 is 1.11 bits per heavy atom. The summed E-state index contributed by atoms with van der Waals surface area (Å²) in [6.07, 6.45) is 12.6. The number of fused-ring (bicyclic) bond motifs is 12. The number of carbonyl (C=O) groups excluding carboxylic acids is 8. The van der Waals surface area contributed by atoms with Gasteiger partial charge in [0.25, 0.3) is 0 Å². The van der Waals surface area contributed by atoms with Crippen molar-refractivity contribution in [3.8, 4) is 23.0 Å². The van der Waals surface area contributed by atoms with Crippen LogP contribution in [0.4, 0.5) is 27.1 Å². The summed E-state index contributed by atoms with van der Waals surface area (Å²) in [6.45, 7) is 17.4. The van der Waals surface area contributed by atoms with Gasteiger partial charge in [-0.3, -0.25) is 58.0 Å². The fourth-order valence-electron chi connectivity index (χ4n) is 21.4. The number of nitrogens with zero attached hydrogens (tertiary/aromatic N) is 4. The summed E-state index contributed by atoms with van der Waals surface area (Å²) in [7, 11) is 10.3. The number of phenols is 1. The van der Waals surface area contributed by atoms with Crippen molar-refractivity contribution in [2.24, 2.45) is 47.3 Å². The van der Waals surface area contributed by atoms with Crippen LogP contribution in [0, 0.1) is 53.2 Å². The van der Waals surface area contributed by atoms with Crippen molar-refractivity contribution in [2.75, 3.05) is 123 Å². The first kappa shape index (κ1) is 77.5. The van der Waals surface area contributed by atoms with E-state index in [1.54, 1.807) is 32.4 Å². The number of ether oxygens (including phenoxy) is 7. The predicted molar refractivity (Wildman–Crippen MR) is 404 cm³/mol. The molecule has 24 nitrogen and oxygen atoms in total. The number of piperidine rings is 4. The van der Waals surface area contributed by atoms with Crippen LogP contribution in [0.15, 0.2) is 79.4 Å². The third-order valence-electron chi connectivity index (χ3n) is 27.1. The second-order valence-corrected chi connectivity index (χ2v) is 31.7. The number of anilines is 4. The number of Topliss-reactive ketones (excluding diaryl/α,β-unsaturated/α-hetero) is 4. The van der Waals surface area contributed by atoms with E-state index in [1.807, 2.05) is 48.5 Å². The highest BCUT2D eigenvalue weighted by Gasteiger charge is 2.64. The average Bonchev–Trinajstić information content (AvgIpc) is 1.59. The molecule has 0 aliphatic carbocycles. The summed E-state index contributed by atoms with van der Waals surface area (Å²) in [5.74, 6) is 2.46. The van der Waals surface area contributed by atoms with Crippen LogP contribution in [-0.4, -0.2) is 220 Å². The molecule has 16 atom stereocenters. The maximum absolute atomic E-state index is 14.2. The van der Waals surface area contributed by atoms with Gasteiger partial charge in [-0.15, -0.1) is 6.58 Å². The highest BCUT2D eigenvalue weighted by Crippen LogP contribution is 2.55. The molecule has 4 spiro atoms. The van der Waals surface area contributed by atoms with Crippen molar-refractivity contribution in [3.63, 3.8) is 0 Å². The predicted octanol–water partition coefficient (Wildman–Crippen LogP) is 10.5. The summed E-state index contributed by atoms with van der Waals surface area (Å²) >= 11 is 0. The summed E-state index contributed by atoms with van der Waals surface area (Å²) in [6, 6.07) is 19.7. The van der Waals surface area contributed by atoms with Gasteiger partial charge in [-0.25, -0.2) is 4.39 Å². The van der Waals surface area contributed by atoms with Crippen molar-refractivity contribution >= 4 is 69.8 Å². The van der Waals surface area contributed by atoms with Gasteiger partial charge in [0.05, 0.1) is 72.0 Å². The van der Waals surface area contributed by atoms with E-state index in [1.165, 1.54) is 41.6 Å². The van der Waals surface area contributed by atoms with E-state index in [0.717, 1.165) is 134 Å². The van der Waals surface area contributed by atoms with Crippen LogP contribution in [0.2, 0.25) is 0 Å². The molecule has 4 aromatic carbocycles. The Kier molecular flexibility index (Phi) is 22.5. The SMILES string of the molecule is C=C[C@@H]1CN2CCC3(Nc4cccc(OC)c4C3=O)[C@H]2C[C@@H]1CC(=O)OC.CC[C@@H]1CN2CCC3(Nc4ccc(F)c(OC)c4C3=O)[C@H]2C[C@@H]1CC(=O)OC.CC[C@@H]1CN2CCC3(Nc4cccc(O)c4C3=O)[C@H]2C[C@@H]1CC(=O)OC.CC[C@@H]1CN2CCC3(Nc4cccc(OC)c4C3=O)[C@@H]2C[C@@H]1CC(=O)OC. The molecule has 0 saturated carbocycles. The largest absolute Gasteiger partial charge is 0.507 e. The van der Waals surface area contributed by atoms with Crippen molar-refractivity contribution in [2.45, 2.75) is 163 Å². The molecular weight excluding hydrogens is 1380 g/mol. The minimum Gasteiger partial charge on any atom is -0.507 e. The molecular formula is C83H107FN8O16. The normalized spacial score (nSPS) is 32.1. The molecule has 12 aliphatic rings. The van der Waals surface area contributed by atoms with E-state index in [4.69, 9.17) is 33.2 Å². The second kappa shape index (κ2) is 31.4. The van der Waals surface area contributed by atoms with Gasteiger partial charge in [-0.2, -0.15) is 0 Å². The van der Waals surface area contributed by atoms with Crippen LogP contribution in [-0.2, 0) is 38.1 Å². The third-order valence-corrected chi connectivity index (χ3v) is 27.1. The number of halogens is 1. The molecule has 0 bridgehead atoms. The highest BCUT2D eigenvalue weighted by molar-refractivity contribution is 6.18. The van der Waals surface area contributed by atoms with Crippen LogP contribution >= 0.6 is 0 Å². The van der Waals surface area contributed by atoms with Crippen LogP contribution in [0.3, 0.4) is 0 Å². The van der Waals surface area contributed by atoms with E-state index in [9.17, 15) is 47.9 Å². The number of nitrogens with one attached hydrogen (secondary N) is 4. The summed E-state index contributed by atoms with van der Waals surface area (Å²) < 4.78 is 49.9. The van der Waals surface area contributed by atoms with Crippen molar-refractivity contribution < 1.29 is 81.0 Å². The number of methoxy groups -OCH3 is 7. The molecule has 0 aromatic heterocycles. The molecule has 25 heteroatoms. The topological polar surface area (TPSA) is 282 Å². The Morgan fingerprint density at radius 2 is 0.769 bits per heavy atom. The zero-order valence-electron chi connectivity index (χ0n) is 64.1. The van der Waals surface area contributed by atoms with Crippen molar-refractivity contribution in [1.82, 2.24) is 19.6 Å². The van der Waals surface area contributed by atoms with Crippen LogP contribution in [0.5, 0.6) is 23.0 Å². The molecule has 108 heavy (non-hydrogen) atoms. The quantitative estimate of drug-likeness (QED) is 0.0420. The van der Waals surface area contributed by atoms with E-state index < -0.39 is 28.0 Å². The van der Waals surface area contributed by atoms with Gasteiger partial charge in [0.2, 0.25) is 0 Å². The third kappa shape index (κ3) is 13.3. The Labute approximate surface area is 632 Å². The molecule has 4 unspecified atom stereocenters. The number of hydrogen-bond donors (Lipinski definition) is 5. The first-order valence-corrected chi connectivity index (χ1v) is 38.7. The first-order valence-electron chi connectivity index (χ1n) is 38.7. The van der Waals surface area contributed by atoms with E-state index in [2.05, 4.69) is 68.2 Å². The molecule has 12 aliphatic heterocycles.